The minimum Gasteiger partial charge on any atom is -0.334 e. The van der Waals surface area contributed by atoms with Crippen molar-refractivity contribution in [1.82, 2.24) is 4.90 Å². The van der Waals surface area contributed by atoms with E-state index in [2.05, 4.69) is 0 Å². The summed E-state index contributed by atoms with van der Waals surface area (Å²) in [5, 5.41) is 0. The Bertz CT molecular complexity index is 620. The molecule has 2 aromatic carbocycles. The van der Waals surface area contributed by atoms with Crippen LogP contribution in [0.3, 0.4) is 0 Å². The molecule has 0 radical (unpaired) electrons. The molecule has 0 heterocycles. The summed E-state index contributed by atoms with van der Waals surface area (Å²) >= 11 is 0. The van der Waals surface area contributed by atoms with Crippen LogP contribution in [0, 0.1) is 0 Å². The van der Waals surface area contributed by atoms with Gasteiger partial charge >= 0.3 is 0 Å². The quantitative estimate of drug-likeness (QED) is 0.580. The number of carbonyl (C=O) groups excluding carboxylic acids is 2. The molecule has 3 nitrogen and oxygen atoms in total. The van der Waals surface area contributed by atoms with Crippen LogP contribution in [0.1, 0.15) is 17.5 Å². The highest BCUT2D eigenvalue weighted by atomic mass is 16.2. The van der Waals surface area contributed by atoms with Crippen LogP contribution in [-0.4, -0.2) is 23.6 Å². The summed E-state index contributed by atoms with van der Waals surface area (Å²) < 4.78 is 0. The summed E-state index contributed by atoms with van der Waals surface area (Å²) in [6, 6.07) is 19.4. The maximum atomic E-state index is 12.3. The highest BCUT2D eigenvalue weighted by molar-refractivity contribution is 5.91. The second-order valence-corrected chi connectivity index (χ2v) is 4.94. The summed E-state index contributed by atoms with van der Waals surface area (Å²) in [7, 11) is 0. The molecule has 1 amide bonds. The molecule has 0 spiro atoms. The van der Waals surface area contributed by atoms with Gasteiger partial charge in [0.05, 0.1) is 0 Å². The van der Waals surface area contributed by atoms with Crippen molar-refractivity contribution < 1.29 is 9.59 Å². The van der Waals surface area contributed by atoms with Crippen molar-refractivity contribution in [1.29, 1.82) is 0 Å². The average Bonchev–Trinajstić information content (AvgIpc) is 2.58. The largest absolute Gasteiger partial charge is 0.334 e. The third kappa shape index (κ3) is 5.02. The van der Waals surface area contributed by atoms with Crippen LogP contribution >= 0.6 is 0 Å². The SMILES string of the molecule is O=CCCN(Cc1ccccc1)C(=O)/C=C/c1ccccc1. The highest BCUT2D eigenvalue weighted by Gasteiger charge is 2.10. The van der Waals surface area contributed by atoms with Crippen molar-refractivity contribution in [3.63, 3.8) is 0 Å². The summed E-state index contributed by atoms with van der Waals surface area (Å²) in [6.45, 7) is 0.934. The molecule has 0 saturated carbocycles. The minimum atomic E-state index is -0.0884. The fraction of sp³-hybridized carbons (Fsp3) is 0.158. The van der Waals surface area contributed by atoms with E-state index in [-0.39, 0.29) is 5.91 Å². The van der Waals surface area contributed by atoms with E-state index in [0.29, 0.717) is 19.5 Å². The van der Waals surface area contributed by atoms with E-state index in [0.717, 1.165) is 17.4 Å². The van der Waals surface area contributed by atoms with Crippen molar-refractivity contribution >= 4 is 18.3 Å². The topological polar surface area (TPSA) is 37.4 Å². The monoisotopic (exact) mass is 293 g/mol. The van der Waals surface area contributed by atoms with Gasteiger partial charge < -0.3 is 9.69 Å². The van der Waals surface area contributed by atoms with Gasteiger partial charge in [-0.3, -0.25) is 4.79 Å². The van der Waals surface area contributed by atoms with E-state index in [1.54, 1.807) is 17.1 Å². The van der Waals surface area contributed by atoms with Crippen LogP contribution in [0.5, 0.6) is 0 Å². The van der Waals surface area contributed by atoms with Crippen LogP contribution in [0.15, 0.2) is 66.7 Å². The van der Waals surface area contributed by atoms with Crippen LogP contribution in [0.25, 0.3) is 6.08 Å². The number of aldehydes is 1. The Labute approximate surface area is 130 Å². The maximum Gasteiger partial charge on any atom is 0.246 e. The number of hydrogen-bond acceptors (Lipinski definition) is 2. The van der Waals surface area contributed by atoms with Gasteiger partial charge in [-0.15, -0.1) is 0 Å². The lowest BCUT2D eigenvalue weighted by Gasteiger charge is -2.20. The molecule has 0 aliphatic carbocycles. The fourth-order valence-corrected chi connectivity index (χ4v) is 2.12. The zero-order valence-electron chi connectivity index (χ0n) is 12.4. The molecule has 0 bridgehead atoms. The zero-order chi connectivity index (χ0) is 15.6. The molecular weight excluding hydrogens is 274 g/mol. The molecule has 0 aliphatic rings. The average molecular weight is 293 g/mol. The Balaban J connectivity index is 2.05. The fourth-order valence-electron chi connectivity index (χ4n) is 2.12. The van der Waals surface area contributed by atoms with Crippen molar-refractivity contribution in [2.75, 3.05) is 6.54 Å². The molecule has 0 unspecified atom stereocenters. The smallest absolute Gasteiger partial charge is 0.246 e. The van der Waals surface area contributed by atoms with E-state index < -0.39 is 0 Å². The van der Waals surface area contributed by atoms with Gasteiger partial charge in [0.2, 0.25) is 5.91 Å². The Hall–Kier alpha value is -2.68. The molecule has 0 aliphatic heterocycles. The Morgan fingerprint density at radius 1 is 0.955 bits per heavy atom. The molecule has 0 N–H and O–H groups in total. The van der Waals surface area contributed by atoms with Gasteiger partial charge in [0.25, 0.3) is 0 Å². The van der Waals surface area contributed by atoms with Gasteiger partial charge in [0.15, 0.2) is 0 Å². The van der Waals surface area contributed by atoms with Gasteiger partial charge in [0.1, 0.15) is 6.29 Å². The predicted octanol–water partition coefficient (Wildman–Crippen LogP) is 3.32. The van der Waals surface area contributed by atoms with Gasteiger partial charge in [0, 0.05) is 25.6 Å². The summed E-state index contributed by atoms with van der Waals surface area (Å²) in [4.78, 5) is 24.6. The number of nitrogens with zero attached hydrogens (tertiary/aromatic N) is 1. The summed E-state index contributed by atoms with van der Waals surface area (Å²) in [5.41, 5.74) is 2.03. The molecule has 112 valence electrons. The lowest BCUT2D eigenvalue weighted by molar-refractivity contribution is -0.126. The van der Waals surface area contributed by atoms with Gasteiger partial charge in [-0.25, -0.2) is 0 Å². The molecule has 0 aromatic heterocycles. The number of hydrogen-bond donors (Lipinski definition) is 0. The van der Waals surface area contributed by atoms with Crippen molar-refractivity contribution in [3.05, 3.63) is 77.9 Å². The molecule has 0 atom stereocenters. The standard InChI is InChI=1S/C19H19NO2/c21-15-7-14-20(16-18-10-5-2-6-11-18)19(22)13-12-17-8-3-1-4-9-17/h1-6,8-13,15H,7,14,16H2/b13-12+. The van der Waals surface area contributed by atoms with Crippen LogP contribution in [0.4, 0.5) is 0 Å². The molecule has 2 rings (SSSR count). The number of amides is 1. The lowest BCUT2D eigenvalue weighted by Crippen LogP contribution is -2.30. The van der Waals surface area contributed by atoms with Gasteiger partial charge in [-0.2, -0.15) is 0 Å². The predicted molar refractivity (Wildman–Crippen MR) is 88.0 cm³/mol. The third-order valence-electron chi connectivity index (χ3n) is 3.26. The number of rotatable bonds is 7. The second kappa shape index (κ2) is 8.57. The van der Waals surface area contributed by atoms with Crippen LogP contribution in [0.2, 0.25) is 0 Å². The van der Waals surface area contributed by atoms with Crippen LogP contribution < -0.4 is 0 Å². The van der Waals surface area contributed by atoms with E-state index in [1.165, 1.54) is 0 Å². The lowest BCUT2D eigenvalue weighted by atomic mass is 10.2. The summed E-state index contributed by atoms with van der Waals surface area (Å²) in [5.74, 6) is -0.0884. The van der Waals surface area contributed by atoms with Crippen molar-refractivity contribution in [3.8, 4) is 0 Å². The maximum absolute atomic E-state index is 12.3. The Kier molecular flexibility index (Phi) is 6.12. The highest BCUT2D eigenvalue weighted by Crippen LogP contribution is 2.07. The number of carbonyl (C=O) groups is 2. The second-order valence-electron chi connectivity index (χ2n) is 4.94. The minimum absolute atomic E-state index is 0.0884. The van der Waals surface area contributed by atoms with Crippen LogP contribution in [-0.2, 0) is 16.1 Å². The Morgan fingerprint density at radius 3 is 2.23 bits per heavy atom. The van der Waals surface area contributed by atoms with Gasteiger partial charge in [-0.05, 0) is 17.2 Å². The zero-order valence-corrected chi connectivity index (χ0v) is 12.4. The van der Waals surface area contributed by atoms with E-state index in [4.69, 9.17) is 0 Å². The van der Waals surface area contributed by atoms with Crippen molar-refractivity contribution in [2.45, 2.75) is 13.0 Å². The third-order valence-corrected chi connectivity index (χ3v) is 3.26. The molecule has 22 heavy (non-hydrogen) atoms. The molecule has 2 aromatic rings. The van der Waals surface area contributed by atoms with E-state index >= 15 is 0 Å². The molecular formula is C19H19NO2. The summed E-state index contributed by atoms with van der Waals surface area (Å²) in [6.07, 6.45) is 4.54. The molecule has 3 heteroatoms. The van der Waals surface area contributed by atoms with E-state index in [9.17, 15) is 9.59 Å². The van der Waals surface area contributed by atoms with Crippen molar-refractivity contribution in [2.24, 2.45) is 0 Å². The molecule has 0 fully saturated rings. The number of benzene rings is 2. The first-order chi connectivity index (χ1) is 10.8. The first-order valence-electron chi connectivity index (χ1n) is 7.29. The first kappa shape index (κ1) is 15.7. The van der Waals surface area contributed by atoms with E-state index in [1.807, 2.05) is 60.7 Å². The molecule has 0 saturated heterocycles. The normalized spacial score (nSPS) is 10.5. The first-order valence-corrected chi connectivity index (χ1v) is 7.29. The van der Waals surface area contributed by atoms with Gasteiger partial charge in [-0.1, -0.05) is 60.7 Å². The Morgan fingerprint density at radius 2 is 1.59 bits per heavy atom.